The molecule has 0 unspecified atom stereocenters. The number of hydrogen-bond acceptors (Lipinski definition) is 5. The summed E-state index contributed by atoms with van der Waals surface area (Å²) < 4.78 is 13.3. The molecule has 0 saturated carbocycles. The van der Waals surface area contributed by atoms with Crippen LogP contribution in [-0.4, -0.2) is 34.3 Å². The first-order valence-electron chi connectivity index (χ1n) is 10.5. The van der Waals surface area contributed by atoms with E-state index in [4.69, 9.17) is 9.47 Å². The Hall–Kier alpha value is -3.81. The summed E-state index contributed by atoms with van der Waals surface area (Å²) in [6, 6.07) is 14.6. The molecule has 0 radical (unpaired) electrons. The molecule has 0 bridgehead atoms. The summed E-state index contributed by atoms with van der Waals surface area (Å²) in [5.41, 5.74) is 2.09. The molecule has 0 atom stereocenters. The number of nitrogens with zero attached hydrogens (tertiary/aromatic N) is 2. The molecule has 4 rings (SSSR count). The second kappa shape index (κ2) is 9.13. The number of rotatable bonds is 7. The van der Waals surface area contributed by atoms with Gasteiger partial charge in [-0.15, -0.1) is 0 Å². The lowest BCUT2D eigenvalue weighted by Gasteiger charge is -2.18. The summed E-state index contributed by atoms with van der Waals surface area (Å²) >= 11 is 0. The molecule has 8 nitrogen and oxygen atoms in total. The number of carbonyl (C=O) groups excluding carboxylic acids is 1. The van der Waals surface area contributed by atoms with E-state index < -0.39 is 0 Å². The number of urea groups is 1. The van der Waals surface area contributed by atoms with E-state index in [1.54, 1.807) is 18.3 Å². The van der Waals surface area contributed by atoms with E-state index in [-0.39, 0.29) is 17.3 Å². The van der Waals surface area contributed by atoms with Crippen LogP contribution in [0.2, 0.25) is 0 Å². The van der Waals surface area contributed by atoms with Gasteiger partial charge in [0.1, 0.15) is 12.2 Å². The summed E-state index contributed by atoms with van der Waals surface area (Å²) in [6.45, 7) is 5.12. The van der Waals surface area contributed by atoms with Crippen molar-refractivity contribution in [3.05, 3.63) is 82.5 Å². The molecule has 2 aromatic carbocycles. The molecule has 1 aliphatic rings. The molecule has 1 aromatic heterocycles. The first kappa shape index (κ1) is 21.4. The zero-order valence-corrected chi connectivity index (χ0v) is 18.1. The Labute approximate surface area is 186 Å². The Morgan fingerprint density at radius 1 is 1.22 bits per heavy atom. The third-order valence-corrected chi connectivity index (χ3v) is 5.02. The van der Waals surface area contributed by atoms with Crippen molar-refractivity contribution in [1.29, 1.82) is 0 Å². The Morgan fingerprint density at radius 3 is 2.91 bits per heavy atom. The topological polar surface area (TPSA) is 94.5 Å². The summed E-state index contributed by atoms with van der Waals surface area (Å²) in [6.07, 6.45) is 3.98. The number of nitrogens with one attached hydrogen (secondary N) is 2. The molecule has 1 aliphatic heterocycles. The van der Waals surface area contributed by atoms with Gasteiger partial charge in [-0.25, -0.2) is 14.6 Å². The van der Waals surface area contributed by atoms with Crippen LogP contribution in [0.3, 0.4) is 0 Å². The van der Waals surface area contributed by atoms with Crippen LogP contribution in [0.5, 0.6) is 11.5 Å². The quantitative estimate of drug-likeness (QED) is 0.557. The van der Waals surface area contributed by atoms with Crippen molar-refractivity contribution in [2.45, 2.75) is 32.4 Å². The minimum absolute atomic E-state index is 0.237. The first-order chi connectivity index (χ1) is 15.4. The fourth-order valence-electron chi connectivity index (χ4n) is 3.65. The molecular formula is C24H26N4O4. The largest absolute Gasteiger partial charge is 0.488 e. The van der Waals surface area contributed by atoms with Gasteiger partial charge in [-0.3, -0.25) is 4.57 Å². The molecule has 2 N–H and O–H groups in total. The predicted octanol–water partition coefficient (Wildman–Crippen LogP) is 3.21. The van der Waals surface area contributed by atoms with Gasteiger partial charge in [0.05, 0.1) is 13.1 Å². The van der Waals surface area contributed by atoms with Crippen molar-refractivity contribution >= 4 is 11.7 Å². The predicted molar refractivity (Wildman–Crippen MR) is 121 cm³/mol. The maximum absolute atomic E-state index is 12.3. The minimum atomic E-state index is -0.333. The monoisotopic (exact) mass is 434 g/mol. The van der Waals surface area contributed by atoms with Gasteiger partial charge < -0.3 is 20.1 Å². The second-order valence-corrected chi connectivity index (χ2v) is 8.24. The highest BCUT2D eigenvalue weighted by molar-refractivity contribution is 5.89. The van der Waals surface area contributed by atoms with Crippen molar-refractivity contribution in [3.8, 4) is 11.5 Å². The maximum atomic E-state index is 12.3. The van der Waals surface area contributed by atoms with Crippen LogP contribution < -0.4 is 25.8 Å². The lowest BCUT2D eigenvalue weighted by Crippen LogP contribution is -2.32. The third kappa shape index (κ3) is 5.26. The molecule has 8 heteroatoms. The van der Waals surface area contributed by atoms with Gasteiger partial charge in [0.15, 0.2) is 11.5 Å². The van der Waals surface area contributed by atoms with Crippen molar-refractivity contribution in [1.82, 2.24) is 14.9 Å². The number of aromatic nitrogens is 2. The molecule has 166 valence electrons. The second-order valence-electron chi connectivity index (χ2n) is 8.24. The lowest BCUT2D eigenvalue weighted by atomic mass is 10.0. The SMILES string of the molecule is CC1(C)Cc2cccc(OCCNC(=O)Nc3cccc(Cn4cccnc4=O)c3)c2O1. The van der Waals surface area contributed by atoms with Gasteiger partial charge in [0.25, 0.3) is 0 Å². The molecule has 0 aliphatic carbocycles. The number of fused-ring (bicyclic) bond motifs is 1. The average Bonchev–Trinajstić information content (AvgIpc) is 3.08. The Balaban J connectivity index is 1.26. The molecule has 2 amide bonds. The van der Waals surface area contributed by atoms with Crippen molar-refractivity contribution in [3.63, 3.8) is 0 Å². The van der Waals surface area contributed by atoms with Crippen LogP contribution in [0.1, 0.15) is 25.0 Å². The van der Waals surface area contributed by atoms with Gasteiger partial charge in [-0.05, 0) is 43.7 Å². The van der Waals surface area contributed by atoms with Gasteiger partial charge >= 0.3 is 11.7 Å². The van der Waals surface area contributed by atoms with E-state index in [1.807, 2.05) is 50.2 Å². The molecule has 0 saturated heterocycles. The number of para-hydroxylation sites is 1. The summed E-state index contributed by atoms with van der Waals surface area (Å²) in [7, 11) is 0. The fourth-order valence-corrected chi connectivity index (χ4v) is 3.65. The normalized spacial score (nSPS) is 13.7. The first-order valence-corrected chi connectivity index (χ1v) is 10.5. The smallest absolute Gasteiger partial charge is 0.347 e. The maximum Gasteiger partial charge on any atom is 0.347 e. The van der Waals surface area contributed by atoms with Crippen LogP contribution in [0.4, 0.5) is 10.5 Å². The Morgan fingerprint density at radius 2 is 2.06 bits per heavy atom. The number of amides is 2. The molecule has 3 aromatic rings. The van der Waals surface area contributed by atoms with Crippen molar-refractivity contribution in [2.75, 3.05) is 18.5 Å². The van der Waals surface area contributed by atoms with Crippen molar-refractivity contribution in [2.24, 2.45) is 0 Å². The summed E-state index contributed by atoms with van der Waals surface area (Å²) in [5.74, 6) is 1.47. The summed E-state index contributed by atoms with van der Waals surface area (Å²) in [5, 5.41) is 5.58. The number of ether oxygens (including phenoxy) is 2. The summed E-state index contributed by atoms with van der Waals surface area (Å²) in [4.78, 5) is 27.8. The van der Waals surface area contributed by atoms with E-state index in [1.165, 1.54) is 10.8 Å². The third-order valence-electron chi connectivity index (χ3n) is 5.02. The molecule has 2 heterocycles. The number of hydrogen-bond donors (Lipinski definition) is 2. The van der Waals surface area contributed by atoms with E-state index in [0.717, 1.165) is 23.3 Å². The van der Waals surface area contributed by atoms with Gasteiger partial charge in [0.2, 0.25) is 0 Å². The van der Waals surface area contributed by atoms with Crippen LogP contribution in [-0.2, 0) is 13.0 Å². The molecular weight excluding hydrogens is 408 g/mol. The van der Waals surface area contributed by atoms with Crippen LogP contribution in [0.15, 0.2) is 65.7 Å². The lowest BCUT2D eigenvalue weighted by molar-refractivity contribution is 0.132. The minimum Gasteiger partial charge on any atom is -0.488 e. The fraction of sp³-hybridized carbons (Fsp3) is 0.292. The Kier molecular flexibility index (Phi) is 6.11. The van der Waals surface area contributed by atoms with Crippen LogP contribution in [0.25, 0.3) is 0 Å². The van der Waals surface area contributed by atoms with Gasteiger partial charge in [-0.2, -0.15) is 0 Å². The number of carbonyl (C=O) groups is 1. The van der Waals surface area contributed by atoms with E-state index >= 15 is 0 Å². The van der Waals surface area contributed by atoms with Crippen LogP contribution in [0, 0.1) is 0 Å². The number of anilines is 1. The molecule has 32 heavy (non-hydrogen) atoms. The van der Waals surface area contributed by atoms with Crippen molar-refractivity contribution < 1.29 is 14.3 Å². The van der Waals surface area contributed by atoms with E-state index in [9.17, 15) is 9.59 Å². The average molecular weight is 434 g/mol. The molecule has 0 spiro atoms. The zero-order valence-electron chi connectivity index (χ0n) is 18.1. The number of benzene rings is 2. The van der Waals surface area contributed by atoms with Crippen LogP contribution >= 0.6 is 0 Å². The standard InChI is InChI=1S/C24H26N4O4/c1-24(2)15-18-7-4-9-20(21(18)32-24)31-13-11-25-22(29)27-19-8-3-6-17(14-19)16-28-12-5-10-26-23(28)30/h3-10,12,14H,11,13,15-16H2,1-2H3,(H2,25,27,29). The highest BCUT2D eigenvalue weighted by Gasteiger charge is 2.32. The van der Waals surface area contributed by atoms with Gasteiger partial charge in [0, 0.05) is 30.1 Å². The highest BCUT2D eigenvalue weighted by Crippen LogP contribution is 2.41. The highest BCUT2D eigenvalue weighted by atomic mass is 16.5. The zero-order chi connectivity index (χ0) is 22.6. The Bertz CT molecular complexity index is 1170. The van der Waals surface area contributed by atoms with E-state index in [0.29, 0.717) is 31.1 Å². The van der Waals surface area contributed by atoms with Gasteiger partial charge in [-0.1, -0.05) is 24.3 Å². The van der Waals surface area contributed by atoms with E-state index in [2.05, 4.69) is 15.6 Å². The molecule has 0 fully saturated rings.